The molecule has 0 aliphatic heterocycles. The molecule has 0 aromatic heterocycles. The molecule has 0 radical (unpaired) electrons. The third-order valence-electron chi connectivity index (χ3n) is 3.85. The van der Waals surface area contributed by atoms with Crippen LogP contribution in [0, 0.1) is 23.5 Å². The molecular formula is C15H17F2NO. The quantitative estimate of drug-likeness (QED) is 0.735. The van der Waals surface area contributed by atoms with Crippen LogP contribution < -0.4 is 4.90 Å². The van der Waals surface area contributed by atoms with Crippen LogP contribution in [0.4, 0.5) is 14.5 Å². The second-order valence-electron chi connectivity index (χ2n) is 5.74. The first-order valence-corrected chi connectivity index (χ1v) is 6.86. The maximum Gasteiger partial charge on any atom is 0.152 e. The molecule has 0 amide bonds. The fraction of sp³-hybridized carbons (Fsp3) is 0.533. The third kappa shape index (κ3) is 2.94. The minimum atomic E-state index is -0.693. The summed E-state index contributed by atoms with van der Waals surface area (Å²) in [7, 11) is 0. The van der Waals surface area contributed by atoms with Gasteiger partial charge in [-0.3, -0.25) is 4.79 Å². The van der Waals surface area contributed by atoms with E-state index >= 15 is 0 Å². The molecule has 0 unspecified atom stereocenters. The van der Waals surface area contributed by atoms with E-state index in [-0.39, 0.29) is 11.3 Å². The number of anilines is 1. The maximum absolute atomic E-state index is 14.0. The van der Waals surface area contributed by atoms with Gasteiger partial charge < -0.3 is 4.90 Å². The van der Waals surface area contributed by atoms with E-state index in [4.69, 9.17) is 0 Å². The number of hydrogen-bond acceptors (Lipinski definition) is 2. The third-order valence-corrected chi connectivity index (χ3v) is 3.85. The second kappa shape index (κ2) is 4.91. The highest BCUT2D eigenvalue weighted by atomic mass is 19.1. The number of halogens is 2. The van der Waals surface area contributed by atoms with Gasteiger partial charge in [0.05, 0.1) is 5.69 Å². The lowest BCUT2D eigenvalue weighted by atomic mass is 10.1. The van der Waals surface area contributed by atoms with Gasteiger partial charge in [-0.25, -0.2) is 8.78 Å². The Kier molecular flexibility index (Phi) is 3.25. The molecule has 0 bridgehead atoms. The molecule has 102 valence electrons. The van der Waals surface area contributed by atoms with Crippen LogP contribution in [0.2, 0.25) is 0 Å². The number of hydrogen-bond donors (Lipinski definition) is 0. The summed E-state index contributed by atoms with van der Waals surface area (Å²) in [4.78, 5) is 13.0. The summed E-state index contributed by atoms with van der Waals surface area (Å²) in [5, 5.41) is 0. The Morgan fingerprint density at radius 2 is 1.68 bits per heavy atom. The van der Waals surface area contributed by atoms with Gasteiger partial charge in [-0.15, -0.1) is 0 Å². The molecule has 0 spiro atoms. The summed E-state index contributed by atoms with van der Waals surface area (Å²) in [5.74, 6) is -0.116. The van der Waals surface area contributed by atoms with E-state index in [1.807, 2.05) is 4.90 Å². The molecule has 0 heterocycles. The Morgan fingerprint density at radius 3 is 2.16 bits per heavy atom. The standard InChI is InChI=1S/C15H17F2NO/c16-13-5-12(9-19)15(14(17)6-13)18(7-10-1-2-10)8-11-3-4-11/h5-6,9-11H,1-4,7-8H2. The van der Waals surface area contributed by atoms with Crippen molar-refractivity contribution in [1.82, 2.24) is 0 Å². The molecule has 2 saturated carbocycles. The predicted molar refractivity (Wildman–Crippen MR) is 69.4 cm³/mol. The van der Waals surface area contributed by atoms with Crippen molar-refractivity contribution >= 4 is 12.0 Å². The molecule has 0 saturated heterocycles. The lowest BCUT2D eigenvalue weighted by Gasteiger charge is -2.26. The van der Waals surface area contributed by atoms with Crippen LogP contribution in [0.3, 0.4) is 0 Å². The number of carbonyl (C=O) groups excluding carboxylic acids is 1. The maximum atomic E-state index is 14.0. The lowest BCUT2D eigenvalue weighted by molar-refractivity contribution is 0.112. The topological polar surface area (TPSA) is 20.3 Å². The van der Waals surface area contributed by atoms with E-state index in [2.05, 4.69) is 0 Å². The zero-order valence-corrected chi connectivity index (χ0v) is 10.7. The predicted octanol–water partition coefficient (Wildman–Crippen LogP) is 3.40. The molecule has 4 heteroatoms. The van der Waals surface area contributed by atoms with Gasteiger partial charge in [0.25, 0.3) is 0 Å². The Labute approximate surface area is 111 Å². The number of rotatable bonds is 6. The molecule has 2 aliphatic rings. The second-order valence-corrected chi connectivity index (χ2v) is 5.74. The normalized spacial score (nSPS) is 18.4. The van der Waals surface area contributed by atoms with Gasteiger partial charge in [-0.05, 0) is 43.6 Å². The molecule has 0 N–H and O–H groups in total. The number of benzene rings is 1. The average Bonchev–Trinajstić information content (AvgIpc) is 3.22. The van der Waals surface area contributed by atoms with Crippen LogP contribution in [0.1, 0.15) is 36.0 Å². The Morgan fingerprint density at radius 1 is 1.11 bits per heavy atom. The smallest absolute Gasteiger partial charge is 0.152 e. The highest BCUT2D eigenvalue weighted by molar-refractivity contribution is 5.85. The summed E-state index contributed by atoms with van der Waals surface area (Å²) in [6.07, 6.45) is 5.22. The molecule has 0 atom stereocenters. The molecule has 1 aromatic carbocycles. The van der Waals surface area contributed by atoms with Gasteiger partial charge in [0.1, 0.15) is 11.6 Å². The van der Waals surface area contributed by atoms with E-state index in [1.54, 1.807) is 0 Å². The van der Waals surface area contributed by atoms with Crippen molar-refractivity contribution in [2.45, 2.75) is 25.7 Å². The van der Waals surface area contributed by atoms with Crippen molar-refractivity contribution in [1.29, 1.82) is 0 Å². The summed E-state index contributed by atoms with van der Waals surface area (Å²) < 4.78 is 27.2. The van der Waals surface area contributed by atoms with Crippen molar-refractivity contribution < 1.29 is 13.6 Å². The van der Waals surface area contributed by atoms with E-state index in [9.17, 15) is 13.6 Å². The molecule has 2 fully saturated rings. The molecule has 19 heavy (non-hydrogen) atoms. The van der Waals surface area contributed by atoms with Crippen LogP contribution in [0.25, 0.3) is 0 Å². The van der Waals surface area contributed by atoms with Crippen LogP contribution in [0.15, 0.2) is 12.1 Å². The van der Waals surface area contributed by atoms with Crippen molar-refractivity contribution in [2.24, 2.45) is 11.8 Å². The van der Waals surface area contributed by atoms with Gasteiger partial charge in [0.15, 0.2) is 6.29 Å². The summed E-state index contributed by atoms with van der Waals surface area (Å²) >= 11 is 0. The van der Waals surface area contributed by atoms with Gasteiger partial charge >= 0.3 is 0 Å². The van der Waals surface area contributed by atoms with E-state index < -0.39 is 11.6 Å². The average molecular weight is 265 g/mol. The zero-order valence-electron chi connectivity index (χ0n) is 10.7. The molecule has 2 aliphatic carbocycles. The van der Waals surface area contributed by atoms with Crippen LogP contribution in [0.5, 0.6) is 0 Å². The SMILES string of the molecule is O=Cc1cc(F)cc(F)c1N(CC1CC1)CC1CC1. The van der Waals surface area contributed by atoms with Gasteiger partial charge in [0, 0.05) is 24.7 Å². The number of aldehydes is 1. The molecule has 1 aromatic rings. The first-order valence-electron chi connectivity index (χ1n) is 6.86. The minimum absolute atomic E-state index is 0.124. The fourth-order valence-corrected chi connectivity index (χ4v) is 2.49. The zero-order chi connectivity index (χ0) is 13.4. The fourth-order valence-electron chi connectivity index (χ4n) is 2.49. The van der Waals surface area contributed by atoms with Crippen LogP contribution in [-0.2, 0) is 0 Å². The van der Waals surface area contributed by atoms with E-state index in [1.165, 1.54) is 25.7 Å². The number of carbonyl (C=O) groups is 1. The first kappa shape index (κ1) is 12.6. The van der Waals surface area contributed by atoms with Gasteiger partial charge in [-0.1, -0.05) is 0 Å². The van der Waals surface area contributed by atoms with Crippen molar-refractivity contribution in [3.63, 3.8) is 0 Å². The lowest BCUT2D eigenvalue weighted by Crippen LogP contribution is -2.30. The van der Waals surface area contributed by atoms with Gasteiger partial charge in [0.2, 0.25) is 0 Å². The molecule has 3 rings (SSSR count). The Bertz CT molecular complexity index is 481. The summed E-state index contributed by atoms with van der Waals surface area (Å²) in [6.45, 7) is 1.56. The Balaban J connectivity index is 1.92. The van der Waals surface area contributed by atoms with Crippen molar-refractivity contribution in [3.05, 3.63) is 29.3 Å². The molecule has 2 nitrogen and oxygen atoms in total. The first-order chi connectivity index (χ1) is 9.17. The summed E-state index contributed by atoms with van der Waals surface area (Å²) in [6, 6.07) is 1.99. The van der Waals surface area contributed by atoms with E-state index in [0.29, 0.717) is 18.1 Å². The monoisotopic (exact) mass is 265 g/mol. The van der Waals surface area contributed by atoms with Crippen LogP contribution in [-0.4, -0.2) is 19.4 Å². The van der Waals surface area contributed by atoms with E-state index in [0.717, 1.165) is 25.2 Å². The van der Waals surface area contributed by atoms with Crippen molar-refractivity contribution in [2.75, 3.05) is 18.0 Å². The highest BCUT2D eigenvalue weighted by Gasteiger charge is 2.31. The van der Waals surface area contributed by atoms with Crippen LogP contribution >= 0.6 is 0 Å². The number of nitrogens with zero attached hydrogens (tertiary/aromatic N) is 1. The van der Waals surface area contributed by atoms with Crippen molar-refractivity contribution in [3.8, 4) is 0 Å². The largest absolute Gasteiger partial charge is 0.368 e. The summed E-state index contributed by atoms with van der Waals surface area (Å²) in [5.41, 5.74) is 0.411. The Hall–Kier alpha value is -1.45. The van der Waals surface area contributed by atoms with Gasteiger partial charge in [-0.2, -0.15) is 0 Å². The highest BCUT2D eigenvalue weighted by Crippen LogP contribution is 2.37. The minimum Gasteiger partial charge on any atom is -0.368 e. The molecular weight excluding hydrogens is 248 g/mol.